The van der Waals surface area contributed by atoms with Crippen LogP contribution in [0.25, 0.3) is 33.1 Å². The second-order valence-electron chi connectivity index (χ2n) is 11.0. The SMILES string of the molecule is CC=C(C)c1cc(-n2c3ccccc3c3ccccc32)cc(OC(C)C=CC=C(C)N(C)c2ccccc2CC)c1C. The maximum absolute atomic E-state index is 6.64. The Labute approximate surface area is 251 Å². The maximum Gasteiger partial charge on any atom is 0.125 e. The highest BCUT2D eigenvalue weighted by atomic mass is 16.5. The molecule has 1 atom stereocenters. The Bertz CT molecular complexity index is 1760. The van der Waals surface area contributed by atoms with Crippen molar-refractivity contribution >= 4 is 33.1 Å². The van der Waals surface area contributed by atoms with Gasteiger partial charge in [0.05, 0.1) is 16.7 Å². The summed E-state index contributed by atoms with van der Waals surface area (Å²) in [6.45, 7) is 12.9. The number of anilines is 1. The second-order valence-corrected chi connectivity index (χ2v) is 11.0. The number of hydrogen-bond acceptors (Lipinski definition) is 2. The molecule has 0 aliphatic heterocycles. The van der Waals surface area contributed by atoms with Crippen molar-refractivity contribution in [2.24, 2.45) is 0 Å². The first-order chi connectivity index (χ1) is 20.3. The summed E-state index contributed by atoms with van der Waals surface area (Å²) in [5, 5.41) is 2.51. The van der Waals surface area contributed by atoms with Crippen molar-refractivity contribution in [2.45, 2.75) is 54.1 Å². The summed E-state index contributed by atoms with van der Waals surface area (Å²) >= 11 is 0. The minimum atomic E-state index is -0.104. The third kappa shape index (κ3) is 5.65. The van der Waals surface area contributed by atoms with E-state index in [1.54, 1.807) is 0 Å². The number of ether oxygens (including phenoxy) is 1. The van der Waals surface area contributed by atoms with Crippen LogP contribution in [0.4, 0.5) is 5.69 Å². The van der Waals surface area contributed by atoms with E-state index < -0.39 is 0 Å². The van der Waals surface area contributed by atoms with Gasteiger partial charge in [-0.2, -0.15) is 0 Å². The molecule has 3 heteroatoms. The quantitative estimate of drug-likeness (QED) is 0.169. The molecule has 0 N–H and O–H groups in total. The smallest absolute Gasteiger partial charge is 0.125 e. The van der Waals surface area contributed by atoms with Crippen LogP contribution in [0.3, 0.4) is 0 Å². The van der Waals surface area contributed by atoms with E-state index in [4.69, 9.17) is 4.74 Å². The number of allylic oxidation sites excluding steroid dienone is 5. The summed E-state index contributed by atoms with van der Waals surface area (Å²) in [6, 6.07) is 30.4. The third-order valence-electron chi connectivity index (χ3n) is 8.34. The van der Waals surface area contributed by atoms with Crippen molar-refractivity contribution in [2.75, 3.05) is 11.9 Å². The molecule has 0 saturated heterocycles. The number of aryl methyl sites for hydroxylation is 1. The first-order valence-corrected chi connectivity index (χ1v) is 14.9. The van der Waals surface area contributed by atoms with E-state index in [0.717, 1.165) is 23.4 Å². The molecule has 214 valence electrons. The van der Waals surface area contributed by atoms with E-state index in [9.17, 15) is 0 Å². The van der Waals surface area contributed by atoms with Crippen LogP contribution in [0.2, 0.25) is 0 Å². The van der Waals surface area contributed by atoms with E-state index in [1.807, 2.05) is 0 Å². The van der Waals surface area contributed by atoms with E-state index in [1.165, 1.54) is 49.9 Å². The molecule has 0 amide bonds. The summed E-state index contributed by atoms with van der Waals surface area (Å²) < 4.78 is 9.00. The maximum atomic E-state index is 6.64. The van der Waals surface area contributed by atoms with Crippen LogP contribution in [-0.4, -0.2) is 17.7 Å². The lowest BCUT2D eigenvalue weighted by atomic mass is 9.99. The molecule has 42 heavy (non-hydrogen) atoms. The molecule has 0 aliphatic carbocycles. The summed E-state index contributed by atoms with van der Waals surface area (Å²) in [6.07, 6.45) is 9.46. The van der Waals surface area contributed by atoms with E-state index in [2.05, 4.69) is 167 Å². The van der Waals surface area contributed by atoms with Crippen molar-refractivity contribution in [3.8, 4) is 11.4 Å². The molecule has 0 saturated carbocycles. The Morgan fingerprint density at radius 2 is 1.52 bits per heavy atom. The predicted molar refractivity (Wildman–Crippen MR) is 182 cm³/mol. The standard InChI is InChI=1S/C39H42N2O/c1-8-27(3)35-25-32(41-37-23-14-11-20-33(37)34-21-12-15-24-38(34)41)26-39(30(35)6)42-29(5)18-16-17-28(4)40(7)36-22-13-10-19-31(36)9-2/h8,10-26,29H,9H2,1-7H3. The lowest BCUT2D eigenvalue weighted by Crippen LogP contribution is -2.15. The number of fused-ring (bicyclic) bond motifs is 3. The topological polar surface area (TPSA) is 17.4 Å². The Balaban J connectivity index is 1.49. The summed E-state index contributed by atoms with van der Waals surface area (Å²) in [4.78, 5) is 2.25. The molecule has 0 aliphatic rings. The van der Waals surface area contributed by atoms with Crippen molar-refractivity contribution in [3.63, 3.8) is 0 Å². The van der Waals surface area contributed by atoms with Crippen molar-refractivity contribution < 1.29 is 4.74 Å². The van der Waals surface area contributed by atoms with Gasteiger partial charge in [0.1, 0.15) is 11.9 Å². The van der Waals surface area contributed by atoms with Crippen LogP contribution < -0.4 is 9.64 Å². The summed E-state index contributed by atoms with van der Waals surface area (Å²) in [7, 11) is 2.13. The molecule has 4 aromatic carbocycles. The lowest BCUT2D eigenvalue weighted by Gasteiger charge is -2.22. The molecule has 5 rings (SSSR count). The van der Waals surface area contributed by atoms with Crippen LogP contribution in [0, 0.1) is 6.92 Å². The lowest BCUT2D eigenvalue weighted by molar-refractivity contribution is 0.268. The van der Waals surface area contributed by atoms with Crippen molar-refractivity contribution in [1.29, 1.82) is 0 Å². The van der Waals surface area contributed by atoms with Gasteiger partial charge >= 0.3 is 0 Å². The monoisotopic (exact) mass is 554 g/mol. The molecule has 1 heterocycles. The molecule has 0 fully saturated rings. The first kappa shape index (κ1) is 29.0. The normalized spacial score (nSPS) is 13.3. The average molecular weight is 555 g/mol. The zero-order valence-corrected chi connectivity index (χ0v) is 26.0. The zero-order valence-electron chi connectivity index (χ0n) is 26.0. The molecule has 1 unspecified atom stereocenters. The first-order valence-electron chi connectivity index (χ1n) is 14.9. The van der Waals surface area contributed by atoms with Gasteiger partial charge in [0.15, 0.2) is 0 Å². The van der Waals surface area contributed by atoms with Crippen LogP contribution in [-0.2, 0) is 6.42 Å². The number of para-hydroxylation sites is 3. The Morgan fingerprint density at radius 1 is 0.905 bits per heavy atom. The second kappa shape index (κ2) is 12.6. The Morgan fingerprint density at radius 3 is 2.17 bits per heavy atom. The minimum absolute atomic E-state index is 0.104. The molecule has 3 nitrogen and oxygen atoms in total. The zero-order chi connectivity index (χ0) is 29.8. The van der Waals surface area contributed by atoms with Crippen LogP contribution in [0.1, 0.15) is 51.3 Å². The highest BCUT2D eigenvalue weighted by Gasteiger charge is 2.17. The van der Waals surface area contributed by atoms with Gasteiger partial charge in [-0.25, -0.2) is 0 Å². The number of rotatable bonds is 9. The van der Waals surface area contributed by atoms with Gasteiger partial charge in [-0.3, -0.25) is 0 Å². The van der Waals surface area contributed by atoms with Crippen molar-refractivity contribution in [1.82, 2.24) is 4.57 Å². The fourth-order valence-corrected chi connectivity index (χ4v) is 5.72. The molecule has 5 aromatic rings. The van der Waals surface area contributed by atoms with Gasteiger partial charge in [0, 0.05) is 35.3 Å². The van der Waals surface area contributed by atoms with Gasteiger partial charge in [0.25, 0.3) is 0 Å². The fraction of sp³-hybridized carbons (Fsp3) is 0.231. The van der Waals surface area contributed by atoms with Gasteiger partial charge in [-0.05, 0) is 99.7 Å². The minimum Gasteiger partial charge on any atom is -0.486 e. The van der Waals surface area contributed by atoms with Gasteiger partial charge < -0.3 is 14.2 Å². The molecule has 1 aromatic heterocycles. The number of hydrogen-bond donors (Lipinski definition) is 0. The number of aromatic nitrogens is 1. The molecule has 0 spiro atoms. The van der Waals surface area contributed by atoms with Crippen LogP contribution >= 0.6 is 0 Å². The predicted octanol–water partition coefficient (Wildman–Crippen LogP) is 10.4. The number of benzene rings is 4. The molecular weight excluding hydrogens is 512 g/mol. The van der Waals surface area contributed by atoms with Gasteiger partial charge in [0.2, 0.25) is 0 Å². The molecular formula is C39H42N2O. The summed E-state index contributed by atoms with van der Waals surface area (Å²) in [5.74, 6) is 0.900. The molecule has 0 bridgehead atoms. The summed E-state index contributed by atoms with van der Waals surface area (Å²) in [5.41, 5.74) is 10.8. The highest BCUT2D eigenvalue weighted by Crippen LogP contribution is 2.36. The van der Waals surface area contributed by atoms with E-state index in [0.29, 0.717) is 0 Å². The highest BCUT2D eigenvalue weighted by molar-refractivity contribution is 6.09. The van der Waals surface area contributed by atoms with E-state index >= 15 is 0 Å². The number of nitrogens with zero attached hydrogens (tertiary/aromatic N) is 2. The molecule has 0 radical (unpaired) electrons. The van der Waals surface area contributed by atoms with E-state index in [-0.39, 0.29) is 6.10 Å². The van der Waals surface area contributed by atoms with Crippen LogP contribution in [0.5, 0.6) is 5.75 Å². The third-order valence-corrected chi connectivity index (χ3v) is 8.34. The Kier molecular flexibility index (Phi) is 8.68. The van der Waals surface area contributed by atoms with Gasteiger partial charge in [-0.1, -0.05) is 73.7 Å². The van der Waals surface area contributed by atoms with Crippen molar-refractivity contribution in [3.05, 3.63) is 132 Å². The average Bonchev–Trinajstić information content (AvgIpc) is 3.35. The van der Waals surface area contributed by atoms with Gasteiger partial charge in [-0.15, -0.1) is 0 Å². The fourth-order valence-electron chi connectivity index (χ4n) is 5.72. The Hall–Kier alpha value is -4.50. The van der Waals surface area contributed by atoms with Crippen LogP contribution in [0.15, 0.2) is 115 Å². The largest absolute Gasteiger partial charge is 0.486 e.